The van der Waals surface area contributed by atoms with E-state index >= 15 is 0 Å². The number of hydrogen-bond acceptors (Lipinski definition) is 7. The molecular weight excluding hydrogens is 381 g/mol. The van der Waals surface area contributed by atoms with Crippen LogP contribution in [0.4, 0.5) is 15.8 Å². The molecule has 1 aromatic heterocycles. The molecule has 0 aliphatic carbocycles. The van der Waals surface area contributed by atoms with Crippen LogP contribution in [0.25, 0.3) is 0 Å². The smallest absolute Gasteiger partial charge is 0.278 e. The lowest BCUT2D eigenvalue weighted by molar-refractivity contribution is -0.126. The third-order valence-corrected chi connectivity index (χ3v) is 4.77. The number of hydrazine groups is 1. The number of nitrogens with zero attached hydrogens (tertiary/aromatic N) is 5. The zero-order valence-electron chi connectivity index (χ0n) is 15.1. The maximum atomic E-state index is 13.1. The van der Waals surface area contributed by atoms with E-state index in [1.807, 2.05) is 6.07 Å². The molecule has 0 atom stereocenters. The molecule has 2 aromatic rings. The molecule has 1 aliphatic heterocycles. The first-order valence-electron chi connectivity index (χ1n) is 8.17. The lowest BCUT2D eigenvalue weighted by atomic mass is 10.1. The Morgan fingerprint density at radius 3 is 2.61 bits per heavy atom. The third-order valence-electron chi connectivity index (χ3n) is 4.08. The van der Waals surface area contributed by atoms with Crippen molar-refractivity contribution in [3.05, 3.63) is 65.4 Å². The molecule has 28 heavy (non-hydrogen) atoms. The standard InChI is InChI=1S/C19H16FN5O2S/c1-24-19(27)17(18(28-2)23-13-5-3-12(20)4-6-13)16(26)11-25(24)15-8-7-14(9-21)22-10-15/h3-8,10,26H,11H2,1-2H3. The van der Waals surface area contributed by atoms with E-state index in [2.05, 4.69) is 9.98 Å². The molecule has 9 heteroatoms. The van der Waals surface area contributed by atoms with Gasteiger partial charge in [0, 0.05) is 7.05 Å². The monoisotopic (exact) mass is 397 g/mol. The number of rotatable bonds is 3. The van der Waals surface area contributed by atoms with Gasteiger partial charge in [0.2, 0.25) is 0 Å². The van der Waals surface area contributed by atoms with E-state index in [1.165, 1.54) is 53.3 Å². The summed E-state index contributed by atoms with van der Waals surface area (Å²) in [4.78, 5) is 21.3. The highest BCUT2D eigenvalue weighted by Crippen LogP contribution is 2.28. The summed E-state index contributed by atoms with van der Waals surface area (Å²) in [6.07, 6.45) is 3.20. The van der Waals surface area contributed by atoms with Crippen molar-refractivity contribution >= 4 is 34.1 Å². The van der Waals surface area contributed by atoms with Gasteiger partial charge in [-0.25, -0.2) is 14.4 Å². The Morgan fingerprint density at radius 2 is 2.04 bits per heavy atom. The highest BCUT2D eigenvalue weighted by Gasteiger charge is 2.33. The maximum absolute atomic E-state index is 13.1. The number of benzene rings is 1. The quantitative estimate of drug-likeness (QED) is 0.632. The van der Waals surface area contributed by atoms with Crippen LogP contribution in [0, 0.1) is 17.1 Å². The summed E-state index contributed by atoms with van der Waals surface area (Å²) in [6, 6.07) is 10.7. The topological polar surface area (TPSA) is 92.8 Å². The van der Waals surface area contributed by atoms with Crippen LogP contribution in [0.5, 0.6) is 0 Å². The Labute approximate surface area is 165 Å². The van der Waals surface area contributed by atoms with Crippen molar-refractivity contribution in [1.82, 2.24) is 9.99 Å². The first kappa shape index (κ1) is 19.4. The minimum atomic E-state index is -0.441. The number of aliphatic hydroxyl groups excluding tert-OH is 1. The predicted molar refractivity (Wildman–Crippen MR) is 106 cm³/mol. The molecule has 1 aromatic carbocycles. The van der Waals surface area contributed by atoms with Crippen LogP contribution in [0.2, 0.25) is 0 Å². The van der Waals surface area contributed by atoms with Gasteiger partial charge in [-0.3, -0.25) is 14.8 Å². The van der Waals surface area contributed by atoms with Gasteiger partial charge in [-0.1, -0.05) is 0 Å². The van der Waals surface area contributed by atoms with Crippen molar-refractivity contribution in [3.63, 3.8) is 0 Å². The predicted octanol–water partition coefficient (Wildman–Crippen LogP) is 3.19. The van der Waals surface area contributed by atoms with Crippen LogP contribution in [0.15, 0.2) is 58.9 Å². The Balaban J connectivity index is 1.96. The Bertz CT molecular complexity index is 996. The van der Waals surface area contributed by atoms with Crippen LogP contribution in [0.1, 0.15) is 5.69 Å². The SMILES string of the molecule is CSC(=Nc1ccc(F)cc1)C1=C(O)CN(c2ccc(C#N)nc2)N(C)C1=O. The van der Waals surface area contributed by atoms with E-state index in [-0.39, 0.29) is 29.4 Å². The summed E-state index contributed by atoms with van der Waals surface area (Å²) < 4.78 is 13.1. The molecule has 0 unspecified atom stereocenters. The van der Waals surface area contributed by atoms with E-state index in [0.717, 1.165) is 0 Å². The molecule has 7 nitrogen and oxygen atoms in total. The van der Waals surface area contributed by atoms with Gasteiger partial charge in [-0.2, -0.15) is 5.26 Å². The number of carbonyl (C=O) groups excluding carboxylic acids is 1. The number of aromatic nitrogens is 1. The average Bonchev–Trinajstić information content (AvgIpc) is 2.71. The normalized spacial score (nSPS) is 15.1. The fourth-order valence-electron chi connectivity index (χ4n) is 2.64. The van der Waals surface area contributed by atoms with E-state index in [9.17, 15) is 14.3 Å². The number of thioether (sulfide) groups is 1. The lowest BCUT2D eigenvalue weighted by Gasteiger charge is -2.37. The van der Waals surface area contributed by atoms with Crippen molar-refractivity contribution in [3.8, 4) is 6.07 Å². The largest absolute Gasteiger partial charge is 0.509 e. The van der Waals surface area contributed by atoms with Crippen molar-refractivity contribution in [2.45, 2.75) is 0 Å². The molecular formula is C19H16FN5O2S. The summed E-state index contributed by atoms with van der Waals surface area (Å²) in [5, 5.41) is 22.7. The van der Waals surface area contributed by atoms with Gasteiger partial charge in [-0.05, 0) is 42.7 Å². The first-order chi connectivity index (χ1) is 13.4. The second-order valence-electron chi connectivity index (χ2n) is 5.82. The molecule has 142 valence electrons. The van der Waals surface area contributed by atoms with Crippen LogP contribution in [-0.4, -0.2) is 45.9 Å². The number of likely N-dealkylation sites (N-methyl/N-ethyl adjacent to an activating group) is 1. The number of aliphatic imine (C=N–C) groups is 1. The molecule has 1 amide bonds. The zero-order valence-corrected chi connectivity index (χ0v) is 15.9. The van der Waals surface area contributed by atoms with Crippen LogP contribution in [-0.2, 0) is 4.79 Å². The molecule has 0 saturated heterocycles. The van der Waals surface area contributed by atoms with Gasteiger partial charge in [0.25, 0.3) is 5.91 Å². The van der Waals surface area contributed by atoms with Crippen molar-refractivity contribution < 1.29 is 14.3 Å². The van der Waals surface area contributed by atoms with Gasteiger partial charge in [-0.15, -0.1) is 11.8 Å². The van der Waals surface area contributed by atoms with Gasteiger partial charge >= 0.3 is 0 Å². The van der Waals surface area contributed by atoms with E-state index < -0.39 is 5.91 Å². The summed E-state index contributed by atoms with van der Waals surface area (Å²) in [5.74, 6) is -0.960. The van der Waals surface area contributed by atoms with Crippen molar-refractivity contribution in [2.24, 2.45) is 4.99 Å². The Morgan fingerprint density at radius 1 is 1.32 bits per heavy atom. The van der Waals surface area contributed by atoms with Gasteiger partial charge in [0.15, 0.2) is 0 Å². The Hall–Kier alpha value is -3.38. The number of anilines is 1. The fraction of sp³-hybridized carbons (Fsp3) is 0.158. The molecule has 1 aliphatic rings. The maximum Gasteiger partial charge on any atom is 0.278 e. The zero-order chi connectivity index (χ0) is 20.3. The van der Waals surface area contributed by atoms with Crippen molar-refractivity contribution in [1.29, 1.82) is 5.26 Å². The van der Waals surface area contributed by atoms with Crippen LogP contribution < -0.4 is 5.01 Å². The number of amides is 1. The molecule has 0 saturated carbocycles. The van der Waals surface area contributed by atoms with Gasteiger partial charge in [0.1, 0.15) is 34.0 Å². The van der Waals surface area contributed by atoms with Gasteiger partial charge in [0.05, 0.1) is 24.1 Å². The molecule has 0 spiro atoms. The highest BCUT2D eigenvalue weighted by molar-refractivity contribution is 8.14. The summed E-state index contributed by atoms with van der Waals surface area (Å²) in [5.41, 5.74) is 1.38. The molecule has 2 heterocycles. The van der Waals surface area contributed by atoms with E-state index in [1.54, 1.807) is 24.4 Å². The second-order valence-corrected chi connectivity index (χ2v) is 6.61. The van der Waals surface area contributed by atoms with Crippen LogP contribution >= 0.6 is 11.8 Å². The molecule has 3 rings (SSSR count). The second kappa shape index (κ2) is 8.10. The molecule has 0 fully saturated rings. The minimum absolute atomic E-state index is 0.0359. The Kier molecular flexibility index (Phi) is 5.61. The number of carbonyl (C=O) groups is 1. The number of nitriles is 1. The third kappa shape index (κ3) is 3.82. The van der Waals surface area contributed by atoms with Gasteiger partial charge < -0.3 is 5.11 Å². The van der Waals surface area contributed by atoms with E-state index in [0.29, 0.717) is 16.4 Å². The van der Waals surface area contributed by atoms with Crippen LogP contribution in [0.3, 0.4) is 0 Å². The first-order valence-corrected chi connectivity index (χ1v) is 9.39. The molecule has 0 radical (unpaired) electrons. The number of hydrogen-bond donors (Lipinski definition) is 1. The summed E-state index contributed by atoms with van der Waals surface area (Å²) in [7, 11) is 1.57. The minimum Gasteiger partial charge on any atom is -0.509 e. The highest BCUT2D eigenvalue weighted by atomic mass is 32.2. The fourth-order valence-corrected chi connectivity index (χ4v) is 3.25. The van der Waals surface area contributed by atoms with E-state index in [4.69, 9.17) is 5.26 Å². The van der Waals surface area contributed by atoms with Crippen molar-refractivity contribution in [2.75, 3.05) is 24.9 Å². The molecule has 1 N–H and O–H groups in total. The summed E-state index contributed by atoms with van der Waals surface area (Å²) >= 11 is 1.21. The summed E-state index contributed by atoms with van der Waals surface area (Å²) in [6.45, 7) is 0.0359. The average molecular weight is 397 g/mol. The number of halogens is 1. The number of pyridine rings is 1. The molecule has 0 bridgehead atoms. The number of aliphatic hydroxyl groups is 1. The lowest BCUT2D eigenvalue weighted by Crippen LogP contribution is -2.50.